The molecule has 6 heteroatoms. The topological polar surface area (TPSA) is 72.8 Å². The maximum atomic E-state index is 12.8. The third-order valence-electron chi connectivity index (χ3n) is 3.24. The molecule has 0 amide bonds. The van der Waals surface area contributed by atoms with Crippen LogP contribution in [0.1, 0.15) is 40.0 Å². The summed E-state index contributed by atoms with van der Waals surface area (Å²) in [4.78, 5) is 11.6. The van der Waals surface area contributed by atoms with E-state index < -0.39 is 18.7 Å². The molecule has 0 aromatic rings. The maximum Gasteiger partial charge on any atom is 0.348 e. The van der Waals surface area contributed by atoms with E-state index in [0.29, 0.717) is 12.8 Å². The summed E-state index contributed by atoms with van der Waals surface area (Å²) in [5.74, 6) is -1.10. The molecule has 1 aliphatic rings. The van der Waals surface area contributed by atoms with E-state index in [1.165, 1.54) is 0 Å². The summed E-state index contributed by atoms with van der Waals surface area (Å²) in [5, 5.41) is 8.07. The summed E-state index contributed by atoms with van der Waals surface area (Å²) in [6, 6.07) is 0. The van der Waals surface area contributed by atoms with Crippen molar-refractivity contribution in [1.29, 1.82) is 0 Å². The number of hydrogen-bond acceptors (Lipinski definition) is 4. The normalized spacial score (nSPS) is 24.7. The second-order valence-corrected chi connectivity index (χ2v) is 6.79. The van der Waals surface area contributed by atoms with E-state index in [9.17, 15) is 14.5 Å². The highest BCUT2D eigenvalue weighted by Gasteiger charge is 2.57. The van der Waals surface area contributed by atoms with Crippen molar-refractivity contribution in [2.45, 2.75) is 45.2 Å². The fourth-order valence-electron chi connectivity index (χ4n) is 2.14. The molecule has 0 aliphatic heterocycles. The molecule has 1 aliphatic carbocycles. The zero-order valence-electron chi connectivity index (χ0n) is 11.1. The molecule has 1 rings (SSSR count). The number of rotatable bonds is 6. The predicted molar refractivity (Wildman–Crippen MR) is 68.8 cm³/mol. The molecular formula is C12H21O5P. The van der Waals surface area contributed by atoms with Gasteiger partial charge in [0.2, 0.25) is 0 Å². The zero-order valence-corrected chi connectivity index (χ0v) is 12.0. The Hall–Kier alpha value is -0.640. The van der Waals surface area contributed by atoms with Gasteiger partial charge in [0.25, 0.3) is 0 Å². The largest absolute Gasteiger partial charge is 0.480 e. The molecule has 18 heavy (non-hydrogen) atoms. The van der Waals surface area contributed by atoms with Crippen LogP contribution < -0.4 is 0 Å². The molecule has 1 atom stereocenters. The Morgan fingerprint density at radius 1 is 1.44 bits per heavy atom. The number of hydrogen-bond donors (Lipinski definition) is 1. The van der Waals surface area contributed by atoms with Gasteiger partial charge in [0.15, 0.2) is 5.16 Å². The summed E-state index contributed by atoms with van der Waals surface area (Å²) in [6.07, 6.45) is 2.92. The lowest BCUT2D eigenvalue weighted by atomic mass is 9.89. The minimum Gasteiger partial charge on any atom is -0.480 e. The van der Waals surface area contributed by atoms with Crippen molar-refractivity contribution in [3.63, 3.8) is 0 Å². The molecular weight excluding hydrogens is 255 g/mol. The van der Waals surface area contributed by atoms with Crippen LogP contribution >= 0.6 is 7.60 Å². The van der Waals surface area contributed by atoms with Gasteiger partial charge in [-0.15, -0.1) is 0 Å². The van der Waals surface area contributed by atoms with Crippen LogP contribution in [0.25, 0.3) is 0 Å². The van der Waals surface area contributed by atoms with Crippen LogP contribution in [-0.2, 0) is 18.4 Å². The van der Waals surface area contributed by atoms with Crippen LogP contribution in [-0.4, -0.2) is 29.4 Å². The second kappa shape index (κ2) is 6.00. The van der Waals surface area contributed by atoms with E-state index in [1.807, 2.05) is 13.0 Å². The standard InChI is InChI=1S/C12H21O5P/c1-4-16-18(15,17-5-2)12(11(13)14)8-6-10(3)7-9-12/h6H,4-5,7-9H2,1-3H3,(H,13,14). The average molecular weight is 276 g/mol. The van der Waals surface area contributed by atoms with E-state index in [4.69, 9.17) is 9.05 Å². The first-order chi connectivity index (χ1) is 8.42. The van der Waals surface area contributed by atoms with Crippen molar-refractivity contribution in [2.24, 2.45) is 0 Å². The van der Waals surface area contributed by atoms with Gasteiger partial charge in [0.05, 0.1) is 13.2 Å². The summed E-state index contributed by atoms with van der Waals surface area (Å²) >= 11 is 0. The van der Waals surface area contributed by atoms with Crippen LogP contribution in [0.15, 0.2) is 11.6 Å². The van der Waals surface area contributed by atoms with Crippen LogP contribution in [0.3, 0.4) is 0 Å². The number of carboxylic acid groups (broad SMARTS) is 1. The Labute approximate surface area is 108 Å². The molecule has 1 N–H and O–H groups in total. The lowest BCUT2D eigenvalue weighted by Crippen LogP contribution is -2.41. The lowest BCUT2D eigenvalue weighted by Gasteiger charge is -2.37. The van der Waals surface area contributed by atoms with Gasteiger partial charge < -0.3 is 14.2 Å². The highest BCUT2D eigenvalue weighted by atomic mass is 31.2. The summed E-state index contributed by atoms with van der Waals surface area (Å²) in [6.45, 7) is 5.67. The quantitative estimate of drug-likeness (QED) is 0.595. The van der Waals surface area contributed by atoms with E-state index in [1.54, 1.807) is 13.8 Å². The molecule has 0 aromatic heterocycles. The van der Waals surface area contributed by atoms with Crippen LogP contribution in [0, 0.1) is 0 Å². The monoisotopic (exact) mass is 276 g/mol. The molecule has 0 fully saturated rings. The number of allylic oxidation sites excluding steroid dienone is 2. The van der Waals surface area contributed by atoms with Gasteiger partial charge in [-0.3, -0.25) is 9.36 Å². The second-order valence-electron chi connectivity index (χ2n) is 4.42. The zero-order chi connectivity index (χ0) is 13.8. The molecule has 0 saturated heterocycles. The van der Waals surface area contributed by atoms with Crippen molar-refractivity contribution in [3.05, 3.63) is 11.6 Å². The Morgan fingerprint density at radius 3 is 2.33 bits per heavy atom. The Kier molecular flexibility index (Phi) is 5.14. The average Bonchev–Trinajstić information content (AvgIpc) is 2.30. The van der Waals surface area contributed by atoms with Crippen molar-refractivity contribution in [1.82, 2.24) is 0 Å². The molecule has 0 radical (unpaired) electrons. The fraction of sp³-hybridized carbons (Fsp3) is 0.750. The van der Waals surface area contributed by atoms with Gasteiger partial charge >= 0.3 is 13.6 Å². The first-order valence-electron chi connectivity index (χ1n) is 6.20. The molecule has 0 spiro atoms. The van der Waals surface area contributed by atoms with Crippen LogP contribution in [0.4, 0.5) is 0 Å². The van der Waals surface area contributed by atoms with Gasteiger partial charge in [0.1, 0.15) is 0 Å². The number of carbonyl (C=O) groups is 1. The molecule has 1 unspecified atom stereocenters. The van der Waals surface area contributed by atoms with E-state index in [-0.39, 0.29) is 19.6 Å². The Bertz CT molecular complexity index is 380. The summed E-state index contributed by atoms with van der Waals surface area (Å²) in [5.41, 5.74) is 1.12. The summed E-state index contributed by atoms with van der Waals surface area (Å²) < 4.78 is 23.2. The van der Waals surface area contributed by atoms with Crippen molar-refractivity contribution < 1.29 is 23.5 Å². The highest BCUT2D eigenvalue weighted by molar-refractivity contribution is 7.56. The first kappa shape index (κ1) is 15.4. The Balaban J connectivity index is 3.17. The van der Waals surface area contributed by atoms with Crippen LogP contribution in [0.2, 0.25) is 0 Å². The van der Waals surface area contributed by atoms with Crippen molar-refractivity contribution in [2.75, 3.05) is 13.2 Å². The molecule has 5 nitrogen and oxygen atoms in total. The molecule has 104 valence electrons. The highest BCUT2D eigenvalue weighted by Crippen LogP contribution is 2.64. The Morgan fingerprint density at radius 2 is 2.00 bits per heavy atom. The number of carboxylic acids is 1. The van der Waals surface area contributed by atoms with Gasteiger partial charge in [-0.2, -0.15) is 0 Å². The third kappa shape index (κ3) is 2.68. The van der Waals surface area contributed by atoms with E-state index in [2.05, 4.69) is 0 Å². The minimum absolute atomic E-state index is 0.176. The molecule has 0 aromatic carbocycles. The summed E-state index contributed by atoms with van der Waals surface area (Å²) in [7, 11) is -3.65. The SMILES string of the molecule is CCOP(=O)(OCC)C1(C(=O)O)CC=C(C)CC1. The lowest BCUT2D eigenvalue weighted by molar-refractivity contribution is -0.141. The third-order valence-corrected chi connectivity index (χ3v) is 6.08. The maximum absolute atomic E-state index is 12.8. The number of aliphatic carboxylic acids is 1. The predicted octanol–water partition coefficient (Wildman–Crippen LogP) is 3.21. The molecule has 0 heterocycles. The van der Waals surface area contributed by atoms with Gasteiger partial charge in [-0.25, -0.2) is 0 Å². The van der Waals surface area contributed by atoms with E-state index >= 15 is 0 Å². The van der Waals surface area contributed by atoms with E-state index in [0.717, 1.165) is 5.57 Å². The first-order valence-corrected chi connectivity index (χ1v) is 7.74. The van der Waals surface area contributed by atoms with Crippen molar-refractivity contribution >= 4 is 13.6 Å². The smallest absolute Gasteiger partial charge is 0.348 e. The van der Waals surface area contributed by atoms with Gasteiger partial charge in [0, 0.05) is 0 Å². The van der Waals surface area contributed by atoms with Gasteiger partial charge in [-0.1, -0.05) is 11.6 Å². The van der Waals surface area contributed by atoms with Gasteiger partial charge in [-0.05, 0) is 40.0 Å². The molecule has 0 bridgehead atoms. The fourth-order valence-corrected chi connectivity index (χ4v) is 4.32. The van der Waals surface area contributed by atoms with Crippen LogP contribution in [0.5, 0.6) is 0 Å². The minimum atomic E-state index is -3.65. The molecule has 0 saturated carbocycles. The van der Waals surface area contributed by atoms with Crippen molar-refractivity contribution in [3.8, 4) is 0 Å².